The van der Waals surface area contributed by atoms with Gasteiger partial charge in [-0.25, -0.2) is 19.2 Å². The first-order valence-corrected chi connectivity index (χ1v) is 10.2. The Bertz CT molecular complexity index is 1110. The van der Waals surface area contributed by atoms with Gasteiger partial charge in [-0.2, -0.15) is 8.78 Å². The fourth-order valence-electron chi connectivity index (χ4n) is 4.39. The van der Waals surface area contributed by atoms with E-state index in [-0.39, 0.29) is 65.4 Å². The number of halogens is 3. The maximum Gasteiger partial charge on any atom is 0.407 e. The standard InChI is InChI=1S/C21H21F3N4O4/c1-9-14(29)7-28(9)19-26-17(11-3-4-21(23,24)18(11)27-19)10-5-12(22)16-13(25-20(30)31-2)8-32-15(16)6-10/h5-6,9,13-14,29H,3-4,7-8H2,1-2H3,(H,25,30)/t9-,13?,14+/m0/s1. The van der Waals surface area contributed by atoms with Gasteiger partial charge in [-0.3, -0.25) is 0 Å². The van der Waals surface area contributed by atoms with Crippen molar-refractivity contribution in [2.24, 2.45) is 0 Å². The minimum atomic E-state index is -3.12. The summed E-state index contributed by atoms with van der Waals surface area (Å²) in [5, 5.41) is 12.3. The highest BCUT2D eigenvalue weighted by molar-refractivity contribution is 5.72. The Morgan fingerprint density at radius 1 is 1.38 bits per heavy atom. The lowest BCUT2D eigenvalue weighted by molar-refractivity contribution is -0.00603. The lowest BCUT2D eigenvalue weighted by Crippen LogP contribution is -2.59. The number of ether oxygens (including phenoxy) is 2. The lowest BCUT2D eigenvalue weighted by Gasteiger charge is -2.43. The number of aromatic nitrogens is 2. The van der Waals surface area contributed by atoms with Crippen LogP contribution in [0.25, 0.3) is 11.3 Å². The van der Waals surface area contributed by atoms with Crippen molar-refractivity contribution in [2.75, 3.05) is 25.2 Å². The number of hydrogen-bond donors (Lipinski definition) is 2. The number of benzene rings is 1. The maximum absolute atomic E-state index is 15.1. The fourth-order valence-corrected chi connectivity index (χ4v) is 4.39. The largest absolute Gasteiger partial charge is 0.491 e. The molecule has 1 saturated heterocycles. The van der Waals surface area contributed by atoms with E-state index in [4.69, 9.17) is 4.74 Å². The number of hydrogen-bond acceptors (Lipinski definition) is 7. The monoisotopic (exact) mass is 450 g/mol. The highest BCUT2D eigenvalue weighted by Gasteiger charge is 2.45. The number of alkyl halides is 2. The molecule has 0 bridgehead atoms. The normalized spacial score (nSPS) is 24.9. The molecule has 170 valence electrons. The summed E-state index contributed by atoms with van der Waals surface area (Å²) in [6, 6.07) is 1.69. The van der Waals surface area contributed by atoms with Gasteiger partial charge in [-0.1, -0.05) is 0 Å². The molecule has 1 aromatic carbocycles. The number of carbonyl (C=O) groups is 1. The Kier molecular flexibility index (Phi) is 4.70. The van der Waals surface area contributed by atoms with Crippen LogP contribution in [0.2, 0.25) is 0 Å². The zero-order chi connectivity index (χ0) is 22.8. The van der Waals surface area contributed by atoms with E-state index in [0.29, 0.717) is 0 Å². The number of nitrogens with one attached hydrogen (secondary N) is 1. The van der Waals surface area contributed by atoms with Crippen molar-refractivity contribution in [2.45, 2.75) is 43.9 Å². The Morgan fingerprint density at radius 3 is 2.84 bits per heavy atom. The van der Waals surface area contributed by atoms with Gasteiger partial charge in [0.25, 0.3) is 5.92 Å². The van der Waals surface area contributed by atoms with Gasteiger partial charge in [0.1, 0.15) is 23.9 Å². The molecule has 1 amide bonds. The van der Waals surface area contributed by atoms with Gasteiger partial charge in [-0.05, 0) is 25.5 Å². The number of anilines is 1. The van der Waals surface area contributed by atoms with Crippen molar-refractivity contribution in [1.82, 2.24) is 15.3 Å². The van der Waals surface area contributed by atoms with Gasteiger partial charge in [-0.15, -0.1) is 0 Å². The topological polar surface area (TPSA) is 96.8 Å². The molecule has 3 atom stereocenters. The fraction of sp³-hybridized carbons (Fsp3) is 0.476. The second-order valence-electron chi connectivity index (χ2n) is 8.23. The van der Waals surface area contributed by atoms with Crippen LogP contribution in [-0.2, 0) is 17.1 Å². The van der Waals surface area contributed by atoms with Crippen LogP contribution >= 0.6 is 0 Å². The summed E-state index contributed by atoms with van der Waals surface area (Å²) >= 11 is 0. The summed E-state index contributed by atoms with van der Waals surface area (Å²) in [6.07, 6.45) is -1.66. The second kappa shape index (κ2) is 7.22. The Hall–Kier alpha value is -3.08. The third kappa shape index (κ3) is 3.14. The van der Waals surface area contributed by atoms with Gasteiger partial charge in [0.15, 0.2) is 0 Å². The number of aliphatic hydroxyl groups is 1. The third-order valence-corrected chi connectivity index (χ3v) is 6.32. The van der Waals surface area contributed by atoms with E-state index in [1.54, 1.807) is 11.8 Å². The molecule has 0 radical (unpaired) electrons. The minimum absolute atomic E-state index is 0.0131. The van der Waals surface area contributed by atoms with Crippen LogP contribution in [0.4, 0.5) is 23.9 Å². The predicted molar refractivity (Wildman–Crippen MR) is 106 cm³/mol. The minimum Gasteiger partial charge on any atom is -0.491 e. The van der Waals surface area contributed by atoms with E-state index in [9.17, 15) is 18.7 Å². The molecule has 8 nitrogen and oxygen atoms in total. The molecule has 2 aliphatic heterocycles. The van der Waals surface area contributed by atoms with Crippen molar-refractivity contribution < 1.29 is 32.5 Å². The smallest absolute Gasteiger partial charge is 0.407 e. The molecular formula is C21H21F3N4O4. The Morgan fingerprint density at radius 2 is 2.16 bits per heavy atom. The van der Waals surface area contributed by atoms with Crippen molar-refractivity contribution in [3.05, 3.63) is 34.8 Å². The first kappa shape index (κ1) is 20.8. The Labute approximate surface area is 181 Å². The van der Waals surface area contributed by atoms with E-state index in [2.05, 4.69) is 20.0 Å². The zero-order valence-electron chi connectivity index (χ0n) is 17.4. The number of fused-ring (bicyclic) bond motifs is 2. The quantitative estimate of drug-likeness (QED) is 0.742. The number of rotatable bonds is 3. The van der Waals surface area contributed by atoms with Crippen LogP contribution in [0.1, 0.15) is 36.2 Å². The van der Waals surface area contributed by atoms with Gasteiger partial charge in [0.2, 0.25) is 5.95 Å². The average molecular weight is 450 g/mol. The van der Waals surface area contributed by atoms with Gasteiger partial charge >= 0.3 is 6.09 Å². The van der Waals surface area contributed by atoms with Crippen LogP contribution in [0.5, 0.6) is 5.75 Å². The summed E-state index contributed by atoms with van der Waals surface area (Å²) < 4.78 is 54.3. The van der Waals surface area contributed by atoms with Crippen LogP contribution in [0.3, 0.4) is 0 Å². The first-order valence-electron chi connectivity index (χ1n) is 10.2. The highest BCUT2D eigenvalue weighted by Crippen LogP contribution is 2.46. The summed E-state index contributed by atoms with van der Waals surface area (Å²) in [4.78, 5) is 21.8. The summed E-state index contributed by atoms with van der Waals surface area (Å²) in [6.45, 7) is 1.99. The van der Waals surface area contributed by atoms with Gasteiger partial charge in [0.05, 0.1) is 36.6 Å². The van der Waals surface area contributed by atoms with Crippen LogP contribution in [-0.4, -0.2) is 53.6 Å². The highest BCUT2D eigenvalue weighted by atomic mass is 19.3. The Balaban J connectivity index is 1.59. The number of nitrogens with zero attached hydrogens (tertiary/aromatic N) is 3. The van der Waals surface area contributed by atoms with Crippen molar-refractivity contribution >= 4 is 12.0 Å². The molecule has 3 heterocycles. The molecular weight excluding hydrogens is 429 g/mol. The maximum atomic E-state index is 15.1. The molecule has 5 rings (SSSR count). The van der Waals surface area contributed by atoms with Gasteiger partial charge in [0, 0.05) is 24.1 Å². The summed E-state index contributed by atoms with van der Waals surface area (Å²) in [5.74, 6) is -3.49. The third-order valence-electron chi connectivity index (χ3n) is 6.32. The van der Waals surface area contributed by atoms with E-state index in [1.807, 2.05) is 0 Å². The molecule has 2 N–H and O–H groups in total. The van der Waals surface area contributed by atoms with Crippen molar-refractivity contribution in [3.63, 3.8) is 0 Å². The summed E-state index contributed by atoms with van der Waals surface area (Å²) in [7, 11) is 1.20. The number of amides is 1. The van der Waals surface area contributed by atoms with Crippen LogP contribution in [0.15, 0.2) is 12.1 Å². The lowest BCUT2D eigenvalue weighted by atomic mass is 9.99. The van der Waals surface area contributed by atoms with Crippen molar-refractivity contribution in [1.29, 1.82) is 0 Å². The summed E-state index contributed by atoms with van der Waals surface area (Å²) in [5.41, 5.74) is 0.568. The van der Waals surface area contributed by atoms with E-state index in [1.165, 1.54) is 19.2 Å². The molecule has 1 aromatic heterocycles. The SMILES string of the molecule is COC(=O)NC1COc2cc(-c3nc(N4C[C@@H](O)[C@@H]4C)nc4c3CCC4(F)F)cc(F)c21. The second-order valence-corrected chi connectivity index (χ2v) is 8.23. The van der Waals surface area contributed by atoms with Crippen molar-refractivity contribution in [3.8, 4) is 17.0 Å². The van der Waals surface area contributed by atoms with E-state index in [0.717, 1.165) is 0 Å². The van der Waals surface area contributed by atoms with E-state index < -0.39 is 36.4 Å². The number of methoxy groups -OCH3 is 1. The molecule has 11 heteroatoms. The van der Waals surface area contributed by atoms with E-state index >= 15 is 4.39 Å². The molecule has 3 aliphatic rings. The van der Waals surface area contributed by atoms with Crippen LogP contribution in [0, 0.1) is 5.82 Å². The molecule has 1 fully saturated rings. The van der Waals surface area contributed by atoms with Crippen LogP contribution < -0.4 is 15.0 Å². The predicted octanol–water partition coefficient (Wildman–Crippen LogP) is 2.68. The number of β-amino-alcohol motifs (C(OH)–C–C–N with tert-alkyl or cyclic N) is 1. The molecule has 0 spiro atoms. The molecule has 1 unspecified atom stereocenters. The number of aliphatic hydroxyl groups excluding tert-OH is 1. The molecule has 2 aromatic rings. The first-order chi connectivity index (χ1) is 15.2. The molecule has 1 aliphatic carbocycles. The number of alkyl carbamates (subject to hydrolysis) is 1. The molecule has 0 saturated carbocycles. The zero-order valence-corrected chi connectivity index (χ0v) is 17.4. The molecule has 32 heavy (non-hydrogen) atoms. The number of carbonyl (C=O) groups excluding carboxylic acids is 1. The average Bonchev–Trinajstić information content (AvgIpc) is 3.31. The van der Waals surface area contributed by atoms with Gasteiger partial charge < -0.3 is 24.8 Å².